The summed E-state index contributed by atoms with van der Waals surface area (Å²) in [6.45, 7) is 4.22. The molecule has 32 heavy (non-hydrogen) atoms. The molecule has 0 spiro atoms. The van der Waals surface area contributed by atoms with E-state index >= 15 is 0 Å². The molecule has 166 valence electrons. The number of amides is 1. The molecule has 0 fully saturated rings. The lowest BCUT2D eigenvalue weighted by Gasteiger charge is -2.11. The van der Waals surface area contributed by atoms with E-state index < -0.39 is 0 Å². The first-order valence-electron chi connectivity index (χ1n) is 10.0. The van der Waals surface area contributed by atoms with E-state index in [9.17, 15) is 4.79 Å². The minimum atomic E-state index is -0.352. The van der Waals surface area contributed by atoms with Crippen LogP contribution in [0.5, 0.6) is 17.2 Å². The quantitative estimate of drug-likeness (QED) is 0.363. The van der Waals surface area contributed by atoms with Crippen LogP contribution in [0.1, 0.15) is 22.3 Å². The molecule has 0 atom stereocenters. The van der Waals surface area contributed by atoms with Crippen LogP contribution in [0.4, 0.5) is 0 Å². The van der Waals surface area contributed by atoms with Gasteiger partial charge >= 0.3 is 0 Å². The number of ether oxygens (including phenoxy) is 3. The Morgan fingerprint density at radius 2 is 1.69 bits per heavy atom. The topological polar surface area (TPSA) is 69.2 Å². The number of hydrogen-bond donors (Lipinski definition) is 1. The third-order valence-electron chi connectivity index (χ3n) is 4.46. The van der Waals surface area contributed by atoms with Gasteiger partial charge in [-0.05, 0) is 78.6 Å². The van der Waals surface area contributed by atoms with Gasteiger partial charge in [-0.3, -0.25) is 4.79 Å². The fourth-order valence-electron chi connectivity index (χ4n) is 3.00. The number of benzene rings is 3. The average molecular weight is 453 g/mol. The van der Waals surface area contributed by atoms with Gasteiger partial charge in [-0.15, -0.1) is 0 Å². The second kappa shape index (κ2) is 11.2. The van der Waals surface area contributed by atoms with Crippen LogP contribution in [0.2, 0.25) is 5.02 Å². The van der Waals surface area contributed by atoms with Gasteiger partial charge in [-0.1, -0.05) is 29.8 Å². The van der Waals surface area contributed by atoms with Crippen LogP contribution in [0, 0.1) is 13.8 Å². The van der Waals surface area contributed by atoms with Gasteiger partial charge in [0.25, 0.3) is 5.91 Å². The van der Waals surface area contributed by atoms with Gasteiger partial charge in [0.2, 0.25) is 0 Å². The van der Waals surface area contributed by atoms with Crippen molar-refractivity contribution in [1.82, 2.24) is 5.43 Å². The molecule has 0 aliphatic carbocycles. The Morgan fingerprint density at radius 1 is 0.969 bits per heavy atom. The van der Waals surface area contributed by atoms with E-state index in [4.69, 9.17) is 25.8 Å². The van der Waals surface area contributed by atoms with Crippen molar-refractivity contribution >= 4 is 23.7 Å². The van der Waals surface area contributed by atoms with Crippen LogP contribution in [-0.2, 0) is 11.4 Å². The lowest BCUT2D eigenvalue weighted by atomic mass is 10.1. The van der Waals surface area contributed by atoms with Crippen LogP contribution in [0.3, 0.4) is 0 Å². The number of halogens is 1. The predicted octanol–water partition coefficient (Wildman–Crippen LogP) is 5.07. The number of methoxy groups -OCH3 is 1. The summed E-state index contributed by atoms with van der Waals surface area (Å²) in [6.07, 6.45) is 1.53. The van der Waals surface area contributed by atoms with Gasteiger partial charge in [0.05, 0.1) is 13.3 Å². The third kappa shape index (κ3) is 7.03. The number of hydrazone groups is 1. The van der Waals surface area contributed by atoms with Crippen molar-refractivity contribution < 1.29 is 19.0 Å². The van der Waals surface area contributed by atoms with Crippen LogP contribution >= 0.6 is 11.6 Å². The van der Waals surface area contributed by atoms with Crippen molar-refractivity contribution in [3.63, 3.8) is 0 Å². The Hall–Kier alpha value is -3.51. The van der Waals surface area contributed by atoms with Crippen LogP contribution < -0.4 is 19.6 Å². The summed E-state index contributed by atoms with van der Waals surface area (Å²) < 4.78 is 16.8. The third-order valence-corrected chi connectivity index (χ3v) is 4.72. The molecule has 0 aliphatic rings. The first-order valence-corrected chi connectivity index (χ1v) is 10.4. The predicted molar refractivity (Wildman–Crippen MR) is 126 cm³/mol. The Kier molecular flexibility index (Phi) is 8.11. The second-order valence-corrected chi connectivity index (χ2v) is 7.67. The molecule has 3 aromatic carbocycles. The molecule has 0 radical (unpaired) electrons. The van der Waals surface area contributed by atoms with E-state index in [2.05, 4.69) is 10.5 Å². The summed E-state index contributed by atoms with van der Waals surface area (Å²) in [5.41, 5.74) is 6.35. The standard InChI is InChI=1S/C25H25ClN2O4/c1-17-10-18(2)12-22(11-17)31-16-25(29)28-27-14-20-6-9-23(24(13-20)30-3)32-15-19-4-7-21(26)8-5-19/h4-14H,15-16H2,1-3H3,(H,28,29)/b27-14+. The Morgan fingerprint density at radius 3 is 2.38 bits per heavy atom. The van der Waals surface area contributed by atoms with E-state index in [1.54, 1.807) is 19.2 Å². The molecule has 7 heteroatoms. The molecule has 1 N–H and O–H groups in total. The van der Waals surface area contributed by atoms with E-state index in [1.807, 2.05) is 62.4 Å². The van der Waals surface area contributed by atoms with Gasteiger partial charge in [-0.2, -0.15) is 5.10 Å². The van der Waals surface area contributed by atoms with E-state index in [-0.39, 0.29) is 12.5 Å². The summed E-state index contributed by atoms with van der Waals surface area (Å²) in [4.78, 5) is 12.0. The molecule has 6 nitrogen and oxygen atoms in total. The molecule has 0 saturated heterocycles. The number of carbonyl (C=O) groups is 1. The highest BCUT2D eigenvalue weighted by Gasteiger charge is 2.07. The van der Waals surface area contributed by atoms with E-state index in [1.165, 1.54) is 6.21 Å². The van der Waals surface area contributed by atoms with Crippen molar-refractivity contribution in [1.29, 1.82) is 0 Å². The highest BCUT2D eigenvalue weighted by molar-refractivity contribution is 6.30. The van der Waals surface area contributed by atoms with E-state index in [0.717, 1.165) is 22.3 Å². The maximum atomic E-state index is 12.0. The Balaban J connectivity index is 1.52. The Bertz CT molecular complexity index is 1080. The highest BCUT2D eigenvalue weighted by Crippen LogP contribution is 2.28. The highest BCUT2D eigenvalue weighted by atomic mass is 35.5. The van der Waals surface area contributed by atoms with Crippen molar-refractivity contribution in [2.24, 2.45) is 5.10 Å². The summed E-state index contributed by atoms with van der Waals surface area (Å²) in [7, 11) is 1.57. The zero-order chi connectivity index (χ0) is 22.9. The molecule has 0 aliphatic heterocycles. The summed E-state index contributed by atoms with van der Waals surface area (Å²) >= 11 is 5.91. The summed E-state index contributed by atoms with van der Waals surface area (Å²) in [5, 5.41) is 4.66. The van der Waals surface area contributed by atoms with Crippen molar-refractivity contribution in [3.05, 3.63) is 87.9 Å². The second-order valence-electron chi connectivity index (χ2n) is 7.23. The molecular weight excluding hydrogens is 428 g/mol. The average Bonchev–Trinajstić information content (AvgIpc) is 2.77. The number of carbonyl (C=O) groups excluding carboxylic acids is 1. The number of hydrogen-bond acceptors (Lipinski definition) is 5. The minimum Gasteiger partial charge on any atom is -0.493 e. The maximum Gasteiger partial charge on any atom is 0.277 e. The summed E-state index contributed by atoms with van der Waals surface area (Å²) in [5.74, 6) is 1.47. The van der Waals surface area contributed by atoms with Gasteiger partial charge in [0.15, 0.2) is 18.1 Å². The molecule has 3 aromatic rings. The van der Waals surface area contributed by atoms with E-state index in [0.29, 0.717) is 28.9 Å². The molecular formula is C25H25ClN2O4. The smallest absolute Gasteiger partial charge is 0.277 e. The van der Waals surface area contributed by atoms with Crippen molar-refractivity contribution in [3.8, 4) is 17.2 Å². The fourth-order valence-corrected chi connectivity index (χ4v) is 3.13. The number of rotatable bonds is 9. The van der Waals surface area contributed by atoms with Crippen LogP contribution in [0.15, 0.2) is 65.8 Å². The molecule has 3 rings (SSSR count). The maximum absolute atomic E-state index is 12.0. The molecule has 0 aromatic heterocycles. The van der Waals surface area contributed by atoms with Crippen molar-refractivity contribution in [2.75, 3.05) is 13.7 Å². The molecule has 1 amide bonds. The monoisotopic (exact) mass is 452 g/mol. The van der Waals surface area contributed by atoms with Crippen LogP contribution in [0.25, 0.3) is 0 Å². The van der Waals surface area contributed by atoms with Gasteiger partial charge in [-0.25, -0.2) is 5.43 Å². The molecule has 0 unspecified atom stereocenters. The zero-order valence-electron chi connectivity index (χ0n) is 18.2. The first kappa shape index (κ1) is 23.2. The van der Waals surface area contributed by atoms with Crippen LogP contribution in [-0.4, -0.2) is 25.8 Å². The molecule has 0 saturated carbocycles. The van der Waals surface area contributed by atoms with Gasteiger partial charge in [0.1, 0.15) is 12.4 Å². The Labute approximate surface area is 192 Å². The lowest BCUT2D eigenvalue weighted by Crippen LogP contribution is -2.24. The molecule has 0 bridgehead atoms. The molecule has 0 heterocycles. The summed E-state index contributed by atoms with van der Waals surface area (Å²) in [6, 6.07) is 18.6. The minimum absolute atomic E-state index is 0.124. The normalized spacial score (nSPS) is 10.8. The van der Waals surface area contributed by atoms with Crippen molar-refractivity contribution in [2.45, 2.75) is 20.5 Å². The van der Waals surface area contributed by atoms with Gasteiger partial charge in [0, 0.05) is 5.02 Å². The fraction of sp³-hybridized carbons (Fsp3) is 0.200. The first-order chi connectivity index (χ1) is 15.4. The number of aryl methyl sites for hydroxylation is 2. The number of nitrogens with one attached hydrogen (secondary N) is 1. The number of nitrogens with zero attached hydrogens (tertiary/aromatic N) is 1. The SMILES string of the molecule is COc1cc(/C=N/NC(=O)COc2cc(C)cc(C)c2)ccc1OCc1ccc(Cl)cc1. The zero-order valence-corrected chi connectivity index (χ0v) is 19.0. The largest absolute Gasteiger partial charge is 0.493 e. The lowest BCUT2D eigenvalue weighted by molar-refractivity contribution is -0.123. The van der Waals surface area contributed by atoms with Gasteiger partial charge < -0.3 is 14.2 Å².